The van der Waals surface area contributed by atoms with Crippen LogP contribution in [0.15, 0.2) is 82.5 Å². The van der Waals surface area contributed by atoms with Crippen molar-refractivity contribution >= 4 is 33.1 Å². The SMILES string of the molecule is COc1ccc(C2Nc3ccccc3NC3=C2C(=O)CC(c2ccc(F)cc2)C3)cc1Br. The molecule has 6 heteroatoms. The van der Waals surface area contributed by atoms with Crippen LogP contribution in [0.5, 0.6) is 5.75 Å². The van der Waals surface area contributed by atoms with E-state index in [9.17, 15) is 9.18 Å². The highest BCUT2D eigenvalue weighted by atomic mass is 79.9. The largest absolute Gasteiger partial charge is 0.496 e. The number of ketones is 1. The van der Waals surface area contributed by atoms with E-state index >= 15 is 0 Å². The third-order valence-electron chi connectivity index (χ3n) is 6.16. The summed E-state index contributed by atoms with van der Waals surface area (Å²) in [6.07, 6.45) is 1.06. The Morgan fingerprint density at radius 2 is 1.69 bits per heavy atom. The monoisotopic (exact) mass is 492 g/mol. The fourth-order valence-electron chi connectivity index (χ4n) is 4.58. The van der Waals surface area contributed by atoms with Gasteiger partial charge in [0.15, 0.2) is 5.78 Å². The topological polar surface area (TPSA) is 50.4 Å². The molecule has 1 aliphatic carbocycles. The Hall–Kier alpha value is -3.12. The minimum Gasteiger partial charge on any atom is -0.496 e. The van der Waals surface area contributed by atoms with Crippen LogP contribution in [0, 0.1) is 5.82 Å². The molecule has 2 unspecified atom stereocenters. The molecule has 2 aliphatic rings. The Labute approximate surface area is 194 Å². The second-order valence-corrected chi connectivity index (χ2v) is 8.97. The lowest BCUT2D eigenvalue weighted by Gasteiger charge is -2.30. The summed E-state index contributed by atoms with van der Waals surface area (Å²) in [5.74, 6) is 0.557. The molecule has 1 aliphatic heterocycles. The molecule has 0 radical (unpaired) electrons. The zero-order valence-electron chi connectivity index (χ0n) is 17.5. The van der Waals surface area contributed by atoms with Crippen molar-refractivity contribution in [3.63, 3.8) is 0 Å². The number of carbonyl (C=O) groups excluding carboxylic acids is 1. The van der Waals surface area contributed by atoms with Crippen molar-refractivity contribution in [3.8, 4) is 5.75 Å². The third kappa shape index (κ3) is 3.79. The van der Waals surface area contributed by atoms with Gasteiger partial charge in [-0.2, -0.15) is 0 Å². The number of hydrogen-bond acceptors (Lipinski definition) is 4. The van der Waals surface area contributed by atoms with E-state index in [-0.39, 0.29) is 23.6 Å². The molecule has 0 saturated heterocycles. The smallest absolute Gasteiger partial charge is 0.163 e. The molecule has 3 aromatic rings. The highest BCUT2D eigenvalue weighted by Crippen LogP contribution is 2.45. The molecule has 162 valence electrons. The fraction of sp³-hybridized carbons (Fsp3) is 0.192. The maximum Gasteiger partial charge on any atom is 0.163 e. The van der Waals surface area contributed by atoms with Crippen molar-refractivity contribution < 1.29 is 13.9 Å². The number of nitrogens with one attached hydrogen (secondary N) is 2. The van der Waals surface area contributed by atoms with Gasteiger partial charge in [-0.1, -0.05) is 30.3 Å². The van der Waals surface area contributed by atoms with Crippen LogP contribution in [0.4, 0.5) is 15.8 Å². The highest BCUT2D eigenvalue weighted by molar-refractivity contribution is 9.10. The van der Waals surface area contributed by atoms with E-state index in [2.05, 4.69) is 26.6 Å². The third-order valence-corrected chi connectivity index (χ3v) is 6.78. The Morgan fingerprint density at radius 3 is 2.41 bits per heavy atom. The predicted molar refractivity (Wildman–Crippen MR) is 128 cm³/mol. The molecule has 1 heterocycles. The number of benzene rings is 3. The van der Waals surface area contributed by atoms with Crippen molar-refractivity contribution in [2.24, 2.45) is 0 Å². The van der Waals surface area contributed by atoms with Gasteiger partial charge in [0.05, 0.1) is 29.0 Å². The number of Topliss-reactive ketones (excluding diaryl/α,β-unsaturated/α-hetero) is 1. The number of ether oxygens (including phenoxy) is 1. The van der Waals surface area contributed by atoms with Crippen LogP contribution in [-0.4, -0.2) is 12.9 Å². The minimum atomic E-state index is -0.301. The lowest BCUT2D eigenvalue weighted by Crippen LogP contribution is -2.26. The molecule has 0 saturated carbocycles. The number of halogens is 2. The Kier molecular flexibility index (Phi) is 5.47. The van der Waals surface area contributed by atoms with Gasteiger partial charge >= 0.3 is 0 Å². The van der Waals surface area contributed by atoms with Crippen LogP contribution in [-0.2, 0) is 4.79 Å². The van der Waals surface area contributed by atoms with Crippen molar-refractivity contribution in [1.82, 2.24) is 0 Å². The van der Waals surface area contributed by atoms with E-state index < -0.39 is 0 Å². The molecule has 0 aromatic heterocycles. The highest BCUT2D eigenvalue weighted by Gasteiger charge is 2.36. The number of para-hydroxylation sites is 2. The molecule has 0 spiro atoms. The zero-order chi connectivity index (χ0) is 22.2. The lowest BCUT2D eigenvalue weighted by molar-refractivity contribution is -0.116. The van der Waals surface area contributed by atoms with Crippen LogP contribution >= 0.6 is 15.9 Å². The molecule has 0 amide bonds. The maximum atomic E-state index is 13.5. The fourth-order valence-corrected chi connectivity index (χ4v) is 5.13. The van der Waals surface area contributed by atoms with E-state index in [1.807, 2.05) is 42.5 Å². The number of carbonyl (C=O) groups is 1. The average Bonchev–Trinajstić information content (AvgIpc) is 2.96. The standard InChI is InChI=1S/C26H22BrFN2O2/c1-32-24-11-8-16(12-19(24)27)26-25-22(29-20-4-2-3-5-21(20)30-26)13-17(14-23(25)31)15-6-9-18(28)10-7-15/h2-12,17,26,29-30H,13-14H2,1H3. The summed E-state index contributed by atoms with van der Waals surface area (Å²) in [5, 5.41) is 7.11. The van der Waals surface area contributed by atoms with Gasteiger partial charge in [0.1, 0.15) is 11.6 Å². The maximum absolute atomic E-state index is 13.5. The Bertz CT molecular complexity index is 1220. The van der Waals surface area contributed by atoms with Gasteiger partial charge in [-0.15, -0.1) is 0 Å². The van der Waals surface area contributed by atoms with Gasteiger partial charge in [0.25, 0.3) is 0 Å². The van der Waals surface area contributed by atoms with Gasteiger partial charge in [0.2, 0.25) is 0 Å². The summed E-state index contributed by atoms with van der Waals surface area (Å²) < 4.78 is 19.6. The van der Waals surface area contributed by atoms with Crippen LogP contribution in [0.2, 0.25) is 0 Å². The molecule has 0 bridgehead atoms. The number of methoxy groups -OCH3 is 1. The van der Waals surface area contributed by atoms with E-state index in [1.54, 1.807) is 19.2 Å². The summed E-state index contributed by atoms with van der Waals surface area (Å²) in [4.78, 5) is 13.5. The number of anilines is 2. The number of allylic oxidation sites excluding steroid dienone is 1. The molecule has 5 rings (SSSR count). The van der Waals surface area contributed by atoms with Crippen molar-refractivity contribution in [2.75, 3.05) is 17.7 Å². The molecule has 2 N–H and O–H groups in total. The van der Waals surface area contributed by atoms with E-state index in [0.717, 1.165) is 44.0 Å². The molecular formula is C26H22BrFN2O2. The zero-order valence-corrected chi connectivity index (χ0v) is 19.1. The quantitative estimate of drug-likeness (QED) is 0.433. The van der Waals surface area contributed by atoms with Crippen LogP contribution in [0.25, 0.3) is 0 Å². The van der Waals surface area contributed by atoms with Gasteiger partial charge in [-0.25, -0.2) is 4.39 Å². The Balaban J connectivity index is 1.60. The summed E-state index contributed by atoms with van der Waals surface area (Å²) >= 11 is 3.57. The second kappa shape index (κ2) is 8.43. The number of fused-ring (bicyclic) bond motifs is 1. The van der Waals surface area contributed by atoms with Crippen molar-refractivity contribution in [3.05, 3.63) is 99.4 Å². The summed E-state index contributed by atoms with van der Waals surface area (Å²) in [5.41, 5.74) is 5.47. The van der Waals surface area contributed by atoms with E-state index in [0.29, 0.717) is 12.8 Å². The minimum absolute atomic E-state index is 0.00265. The average molecular weight is 493 g/mol. The van der Waals surface area contributed by atoms with Crippen LogP contribution < -0.4 is 15.4 Å². The molecule has 2 atom stereocenters. The first-order valence-corrected chi connectivity index (χ1v) is 11.3. The summed E-state index contributed by atoms with van der Waals surface area (Å²) in [6.45, 7) is 0. The lowest BCUT2D eigenvalue weighted by atomic mass is 9.78. The van der Waals surface area contributed by atoms with Crippen LogP contribution in [0.1, 0.15) is 35.9 Å². The predicted octanol–water partition coefficient (Wildman–Crippen LogP) is 6.58. The molecule has 4 nitrogen and oxygen atoms in total. The van der Waals surface area contributed by atoms with Crippen LogP contribution in [0.3, 0.4) is 0 Å². The Morgan fingerprint density at radius 1 is 0.969 bits per heavy atom. The summed E-state index contributed by atoms with van der Waals surface area (Å²) in [7, 11) is 1.63. The number of hydrogen-bond donors (Lipinski definition) is 2. The van der Waals surface area contributed by atoms with Crippen molar-refractivity contribution in [2.45, 2.75) is 24.8 Å². The first kappa shape index (κ1) is 20.8. The molecule has 3 aromatic carbocycles. The van der Waals surface area contributed by atoms with Gasteiger partial charge in [0, 0.05) is 17.7 Å². The van der Waals surface area contributed by atoms with Crippen molar-refractivity contribution in [1.29, 1.82) is 0 Å². The first-order chi connectivity index (χ1) is 15.5. The molecule has 0 fully saturated rings. The molecular weight excluding hydrogens is 471 g/mol. The molecule has 32 heavy (non-hydrogen) atoms. The summed E-state index contributed by atoms with van der Waals surface area (Å²) in [6, 6.07) is 20.0. The first-order valence-electron chi connectivity index (χ1n) is 10.5. The van der Waals surface area contributed by atoms with Gasteiger partial charge in [-0.3, -0.25) is 4.79 Å². The second-order valence-electron chi connectivity index (χ2n) is 8.11. The van der Waals surface area contributed by atoms with Gasteiger partial charge in [-0.05, 0) is 75.8 Å². The normalized spacial score (nSPS) is 19.9. The van der Waals surface area contributed by atoms with E-state index in [4.69, 9.17) is 4.74 Å². The number of rotatable bonds is 3. The van der Waals surface area contributed by atoms with Gasteiger partial charge < -0.3 is 15.4 Å². The van der Waals surface area contributed by atoms with E-state index in [1.165, 1.54) is 12.1 Å².